The van der Waals surface area contributed by atoms with E-state index in [-0.39, 0.29) is 23.3 Å². The molecule has 2 rings (SSSR count). The van der Waals surface area contributed by atoms with Crippen LogP contribution < -0.4 is 4.90 Å². The van der Waals surface area contributed by atoms with Gasteiger partial charge in [-0.1, -0.05) is 6.08 Å². The maximum absolute atomic E-state index is 13.0. The standard InChI is InChI=1S/C12H12FNO2/c1-2-8-5-12(16)14(7-8)10-6-9(13)3-4-11(10)15/h2-4,6,8,15H,1,5,7H2. The van der Waals surface area contributed by atoms with Gasteiger partial charge < -0.3 is 10.0 Å². The first-order chi connectivity index (χ1) is 7.61. The Morgan fingerprint density at radius 1 is 1.56 bits per heavy atom. The van der Waals surface area contributed by atoms with Crippen molar-refractivity contribution < 1.29 is 14.3 Å². The Morgan fingerprint density at radius 2 is 2.31 bits per heavy atom. The topological polar surface area (TPSA) is 40.5 Å². The van der Waals surface area contributed by atoms with Crippen molar-refractivity contribution in [3.05, 3.63) is 36.7 Å². The predicted octanol–water partition coefficient (Wildman–Crippen LogP) is 2.07. The molecular formula is C12H12FNO2. The van der Waals surface area contributed by atoms with Crippen molar-refractivity contribution in [3.63, 3.8) is 0 Å². The minimum atomic E-state index is -0.470. The highest BCUT2D eigenvalue weighted by Gasteiger charge is 2.30. The first kappa shape index (κ1) is 10.7. The van der Waals surface area contributed by atoms with Gasteiger partial charge in [0.25, 0.3) is 0 Å². The van der Waals surface area contributed by atoms with E-state index in [4.69, 9.17) is 0 Å². The highest BCUT2D eigenvalue weighted by atomic mass is 19.1. The Bertz CT molecular complexity index is 445. The smallest absolute Gasteiger partial charge is 0.227 e. The quantitative estimate of drug-likeness (QED) is 0.776. The number of rotatable bonds is 2. The van der Waals surface area contributed by atoms with Crippen LogP contribution in [0.1, 0.15) is 6.42 Å². The maximum Gasteiger partial charge on any atom is 0.227 e. The van der Waals surface area contributed by atoms with Gasteiger partial charge in [-0.25, -0.2) is 4.39 Å². The number of hydrogen-bond donors (Lipinski definition) is 1. The summed E-state index contributed by atoms with van der Waals surface area (Å²) in [4.78, 5) is 13.0. The molecule has 0 aliphatic carbocycles. The lowest BCUT2D eigenvalue weighted by atomic mass is 10.1. The Kier molecular flexibility index (Phi) is 2.64. The molecule has 1 saturated heterocycles. The van der Waals surface area contributed by atoms with Gasteiger partial charge in [0.15, 0.2) is 0 Å². The second-order valence-corrected chi connectivity index (χ2v) is 3.84. The highest BCUT2D eigenvalue weighted by molar-refractivity contribution is 5.97. The van der Waals surface area contributed by atoms with Crippen molar-refractivity contribution in [3.8, 4) is 5.75 Å². The molecule has 4 heteroatoms. The normalized spacial score (nSPS) is 20.2. The van der Waals surface area contributed by atoms with Crippen molar-refractivity contribution in [2.24, 2.45) is 5.92 Å². The van der Waals surface area contributed by atoms with Crippen LogP contribution in [0.5, 0.6) is 5.75 Å². The van der Waals surface area contributed by atoms with E-state index < -0.39 is 5.82 Å². The van der Waals surface area contributed by atoms with Gasteiger partial charge in [-0.05, 0) is 12.1 Å². The number of halogens is 1. The predicted molar refractivity (Wildman–Crippen MR) is 58.7 cm³/mol. The SMILES string of the molecule is C=CC1CC(=O)N(c2cc(F)ccc2O)C1. The third-order valence-corrected chi connectivity index (χ3v) is 2.72. The van der Waals surface area contributed by atoms with E-state index in [2.05, 4.69) is 6.58 Å². The molecule has 0 saturated carbocycles. The number of nitrogens with zero attached hydrogens (tertiary/aromatic N) is 1. The van der Waals surface area contributed by atoms with E-state index in [9.17, 15) is 14.3 Å². The van der Waals surface area contributed by atoms with Crippen LogP contribution in [-0.4, -0.2) is 17.6 Å². The Hall–Kier alpha value is -1.84. The molecule has 3 nitrogen and oxygen atoms in total. The second-order valence-electron chi connectivity index (χ2n) is 3.84. The van der Waals surface area contributed by atoms with Crippen molar-refractivity contribution in [1.82, 2.24) is 0 Å². The number of benzene rings is 1. The fraction of sp³-hybridized carbons (Fsp3) is 0.250. The lowest BCUT2D eigenvalue weighted by Gasteiger charge is -2.17. The van der Waals surface area contributed by atoms with Crippen LogP contribution in [0.4, 0.5) is 10.1 Å². The van der Waals surface area contributed by atoms with Crippen LogP contribution >= 0.6 is 0 Å². The lowest BCUT2D eigenvalue weighted by Crippen LogP contribution is -2.24. The molecule has 1 atom stereocenters. The molecular weight excluding hydrogens is 209 g/mol. The van der Waals surface area contributed by atoms with Gasteiger partial charge in [0.05, 0.1) is 5.69 Å². The zero-order valence-electron chi connectivity index (χ0n) is 8.69. The number of anilines is 1. The molecule has 0 radical (unpaired) electrons. The van der Waals surface area contributed by atoms with Crippen molar-refractivity contribution in [2.45, 2.75) is 6.42 Å². The molecule has 1 aromatic rings. The number of phenolic OH excluding ortho intramolecular Hbond substituents is 1. The number of hydrogen-bond acceptors (Lipinski definition) is 2. The number of phenols is 1. The number of carbonyl (C=O) groups is 1. The average molecular weight is 221 g/mol. The molecule has 1 amide bonds. The van der Waals surface area contributed by atoms with E-state index in [1.165, 1.54) is 17.0 Å². The first-order valence-corrected chi connectivity index (χ1v) is 5.03. The molecule has 16 heavy (non-hydrogen) atoms. The van der Waals surface area contributed by atoms with Crippen LogP contribution in [-0.2, 0) is 4.79 Å². The van der Waals surface area contributed by atoms with Crippen molar-refractivity contribution in [2.75, 3.05) is 11.4 Å². The third-order valence-electron chi connectivity index (χ3n) is 2.72. The van der Waals surface area contributed by atoms with E-state index in [0.717, 1.165) is 6.07 Å². The molecule has 1 aromatic carbocycles. The fourth-order valence-electron chi connectivity index (χ4n) is 1.84. The van der Waals surface area contributed by atoms with Gasteiger partial charge in [-0.2, -0.15) is 0 Å². The molecule has 0 aromatic heterocycles. The zero-order chi connectivity index (χ0) is 11.7. The molecule has 0 spiro atoms. The Balaban J connectivity index is 2.34. The summed E-state index contributed by atoms with van der Waals surface area (Å²) in [6.07, 6.45) is 2.06. The molecule has 1 N–H and O–H groups in total. The van der Waals surface area contributed by atoms with Gasteiger partial charge in [-0.15, -0.1) is 6.58 Å². The summed E-state index contributed by atoms with van der Waals surface area (Å²) >= 11 is 0. The summed E-state index contributed by atoms with van der Waals surface area (Å²) in [5.74, 6) is -0.608. The summed E-state index contributed by atoms with van der Waals surface area (Å²) in [5, 5.41) is 9.59. The van der Waals surface area contributed by atoms with Gasteiger partial charge in [0.1, 0.15) is 11.6 Å². The monoisotopic (exact) mass is 221 g/mol. The number of aromatic hydroxyl groups is 1. The molecule has 84 valence electrons. The summed E-state index contributed by atoms with van der Waals surface area (Å²) in [6, 6.07) is 3.57. The summed E-state index contributed by atoms with van der Waals surface area (Å²) in [7, 11) is 0. The Labute approximate surface area is 92.8 Å². The van der Waals surface area contributed by atoms with E-state index in [0.29, 0.717) is 13.0 Å². The summed E-state index contributed by atoms with van der Waals surface area (Å²) in [6.45, 7) is 4.07. The van der Waals surface area contributed by atoms with Crippen molar-refractivity contribution in [1.29, 1.82) is 0 Å². The zero-order valence-corrected chi connectivity index (χ0v) is 8.69. The van der Waals surface area contributed by atoms with Crippen LogP contribution in [0.25, 0.3) is 0 Å². The third kappa shape index (κ3) is 1.78. The summed E-state index contributed by atoms with van der Waals surface area (Å²) < 4.78 is 13.0. The van der Waals surface area contributed by atoms with Crippen LogP contribution in [0, 0.1) is 11.7 Å². The second kappa shape index (κ2) is 3.96. The van der Waals surface area contributed by atoms with Crippen LogP contribution in [0.3, 0.4) is 0 Å². The van der Waals surface area contributed by atoms with E-state index in [1.54, 1.807) is 6.08 Å². The fourth-order valence-corrected chi connectivity index (χ4v) is 1.84. The Morgan fingerprint density at radius 3 is 2.94 bits per heavy atom. The lowest BCUT2D eigenvalue weighted by molar-refractivity contribution is -0.117. The minimum Gasteiger partial charge on any atom is -0.506 e. The van der Waals surface area contributed by atoms with Crippen molar-refractivity contribution >= 4 is 11.6 Å². The maximum atomic E-state index is 13.0. The molecule has 1 aliphatic heterocycles. The average Bonchev–Trinajstić information content (AvgIpc) is 2.63. The van der Waals surface area contributed by atoms with Gasteiger partial charge in [0, 0.05) is 24.9 Å². The molecule has 1 unspecified atom stereocenters. The molecule has 1 aliphatic rings. The highest BCUT2D eigenvalue weighted by Crippen LogP contribution is 2.32. The molecule has 1 fully saturated rings. The number of amides is 1. The molecule has 0 bridgehead atoms. The van der Waals surface area contributed by atoms with Gasteiger partial charge >= 0.3 is 0 Å². The largest absolute Gasteiger partial charge is 0.506 e. The minimum absolute atomic E-state index is 0.0650. The van der Waals surface area contributed by atoms with Gasteiger partial charge in [0.2, 0.25) is 5.91 Å². The molecule has 1 heterocycles. The first-order valence-electron chi connectivity index (χ1n) is 5.03. The number of carbonyl (C=O) groups excluding carboxylic acids is 1. The van der Waals surface area contributed by atoms with E-state index >= 15 is 0 Å². The van der Waals surface area contributed by atoms with E-state index in [1.807, 2.05) is 0 Å². The van der Waals surface area contributed by atoms with Crippen LogP contribution in [0.15, 0.2) is 30.9 Å². The summed E-state index contributed by atoms with van der Waals surface area (Å²) in [5.41, 5.74) is 0.231. The van der Waals surface area contributed by atoms with Crippen LogP contribution in [0.2, 0.25) is 0 Å². The van der Waals surface area contributed by atoms with Gasteiger partial charge in [-0.3, -0.25) is 4.79 Å².